The molecule has 1 fully saturated rings. The van der Waals surface area contributed by atoms with E-state index in [9.17, 15) is 9.90 Å². The number of pyridine rings is 1. The Bertz CT molecular complexity index is 612. The normalized spacial score (nSPS) is 19.0. The van der Waals surface area contributed by atoms with Crippen molar-refractivity contribution < 1.29 is 9.90 Å². The van der Waals surface area contributed by atoms with E-state index in [4.69, 9.17) is 0 Å². The summed E-state index contributed by atoms with van der Waals surface area (Å²) < 4.78 is 0. The van der Waals surface area contributed by atoms with E-state index in [1.165, 1.54) is 0 Å². The molecule has 0 bridgehead atoms. The first-order valence-corrected chi connectivity index (χ1v) is 6.55. The van der Waals surface area contributed by atoms with Crippen LogP contribution in [0.2, 0.25) is 0 Å². The van der Waals surface area contributed by atoms with Gasteiger partial charge in [-0.05, 0) is 36.4 Å². The Balaban J connectivity index is 1.93. The summed E-state index contributed by atoms with van der Waals surface area (Å²) in [5.41, 5.74) is 0.667. The van der Waals surface area contributed by atoms with Gasteiger partial charge in [0.25, 0.3) is 5.91 Å². The molecule has 1 atom stereocenters. The van der Waals surface area contributed by atoms with Crippen LogP contribution in [0.1, 0.15) is 23.2 Å². The summed E-state index contributed by atoms with van der Waals surface area (Å²) in [5.74, 6) is 0.00213. The molecule has 98 valence electrons. The van der Waals surface area contributed by atoms with E-state index >= 15 is 0 Å². The highest BCUT2D eigenvalue weighted by atomic mass is 16.3. The van der Waals surface area contributed by atoms with Gasteiger partial charge >= 0.3 is 0 Å². The first-order chi connectivity index (χ1) is 9.29. The highest BCUT2D eigenvalue weighted by molar-refractivity contribution is 5.98. The first-order valence-electron chi connectivity index (χ1n) is 6.55. The molecule has 1 aliphatic rings. The van der Waals surface area contributed by atoms with Gasteiger partial charge in [0.05, 0.1) is 12.6 Å². The molecule has 1 unspecified atom stereocenters. The number of hydrogen-bond donors (Lipinski definition) is 1. The molecule has 4 heteroatoms. The summed E-state index contributed by atoms with van der Waals surface area (Å²) in [5, 5.41) is 11.3. The molecule has 0 saturated carbocycles. The van der Waals surface area contributed by atoms with Crippen LogP contribution in [0.25, 0.3) is 10.8 Å². The van der Waals surface area contributed by atoms with Gasteiger partial charge < -0.3 is 10.0 Å². The lowest BCUT2D eigenvalue weighted by Gasteiger charge is -2.23. The van der Waals surface area contributed by atoms with Crippen LogP contribution in [-0.4, -0.2) is 40.1 Å². The first kappa shape index (κ1) is 12.1. The molecule has 1 aromatic heterocycles. The van der Waals surface area contributed by atoms with Crippen molar-refractivity contribution >= 4 is 16.7 Å². The molecule has 3 rings (SSSR count). The Morgan fingerprint density at radius 2 is 2.26 bits per heavy atom. The molecule has 2 aromatic rings. The second-order valence-electron chi connectivity index (χ2n) is 4.91. The van der Waals surface area contributed by atoms with Crippen molar-refractivity contribution in [3.05, 3.63) is 42.2 Å². The largest absolute Gasteiger partial charge is 0.394 e. The van der Waals surface area contributed by atoms with Crippen LogP contribution in [0.15, 0.2) is 36.7 Å². The predicted molar refractivity (Wildman–Crippen MR) is 72.9 cm³/mol. The van der Waals surface area contributed by atoms with Crippen LogP contribution in [0.3, 0.4) is 0 Å². The molecular weight excluding hydrogens is 240 g/mol. The second-order valence-corrected chi connectivity index (χ2v) is 4.91. The molecule has 0 radical (unpaired) electrons. The summed E-state index contributed by atoms with van der Waals surface area (Å²) in [4.78, 5) is 18.3. The maximum atomic E-state index is 12.5. The fourth-order valence-electron chi connectivity index (χ4n) is 2.68. The Morgan fingerprint density at radius 3 is 3.11 bits per heavy atom. The SMILES string of the molecule is O=C(c1ccc2ccncc2c1)N1CCCC1CO. The number of carbonyl (C=O) groups excluding carboxylic acids is 1. The summed E-state index contributed by atoms with van der Waals surface area (Å²) in [6, 6.07) is 7.55. The van der Waals surface area contributed by atoms with Crippen molar-refractivity contribution in [2.24, 2.45) is 0 Å². The quantitative estimate of drug-likeness (QED) is 0.892. The summed E-state index contributed by atoms with van der Waals surface area (Å²) in [6.45, 7) is 0.774. The zero-order valence-corrected chi connectivity index (χ0v) is 10.6. The Kier molecular flexibility index (Phi) is 3.17. The fourth-order valence-corrected chi connectivity index (χ4v) is 2.68. The van der Waals surface area contributed by atoms with Crippen molar-refractivity contribution in [1.29, 1.82) is 0 Å². The third-order valence-corrected chi connectivity index (χ3v) is 3.74. The topological polar surface area (TPSA) is 53.4 Å². The maximum Gasteiger partial charge on any atom is 0.254 e. The van der Waals surface area contributed by atoms with Crippen LogP contribution < -0.4 is 0 Å². The number of benzene rings is 1. The standard InChI is InChI=1S/C15H16N2O2/c18-10-14-2-1-7-17(14)15(19)12-4-3-11-5-6-16-9-13(11)8-12/h3-6,8-9,14,18H,1-2,7,10H2. The third-order valence-electron chi connectivity index (χ3n) is 3.74. The number of rotatable bonds is 2. The maximum absolute atomic E-state index is 12.5. The van der Waals surface area contributed by atoms with Gasteiger partial charge in [0.2, 0.25) is 0 Å². The van der Waals surface area contributed by atoms with E-state index in [1.807, 2.05) is 24.3 Å². The van der Waals surface area contributed by atoms with Gasteiger partial charge in [-0.2, -0.15) is 0 Å². The zero-order chi connectivity index (χ0) is 13.2. The van der Waals surface area contributed by atoms with Crippen LogP contribution in [-0.2, 0) is 0 Å². The number of nitrogens with zero attached hydrogens (tertiary/aromatic N) is 2. The molecule has 1 aliphatic heterocycles. The van der Waals surface area contributed by atoms with Crippen molar-refractivity contribution in [2.75, 3.05) is 13.2 Å². The smallest absolute Gasteiger partial charge is 0.254 e. The van der Waals surface area contributed by atoms with Crippen molar-refractivity contribution in [3.8, 4) is 0 Å². The van der Waals surface area contributed by atoms with E-state index in [0.29, 0.717) is 5.56 Å². The van der Waals surface area contributed by atoms with Gasteiger partial charge in [0.1, 0.15) is 0 Å². The highest BCUT2D eigenvalue weighted by Crippen LogP contribution is 2.21. The molecule has 1 saturated heterocycles. The van der Waals surface area contributed by atoms with Crippen LogP contribution in [0.4, 0.5) is 0 Å². The van der Waals surface area contributed by atoms with E-state index in [2.05, 4.69) is 4.98 Å². The second kappa shape index (κ2) is 4.97. The lowest BCUT2D eigenvalue weighted by molar-refractivity contribution is 0.0678. The highest BCUT2D eigenvalue weighted by Gasteiger charge is 2.28. The Hall–Kier alpha value is -1.94. The molecule has 0 spiro atoms. The number of likely N-dealkylation sites (tertiary alicyclic amines) is 1. The average molecular weight is 256 g/mol. The lowest BCUT2D eigenvalue weighted by atomic mass is 10.1. The number of amides is 1. The van der Waals surface area contributed by atoms with E-state index in [1.54, 1.807) is 17.3 Å². The Morgan fingerprint density at radius 1 is 1.37 bits per heavy atom. The van der Waals surface area contributed by atoms with Crippen LogP contribution in [0.5, 0.6) is 0 Å². The molecule has 4 nitrogen and oxygen atoms in total. The number of aliphatic hydroxyl groups is 1. The molecular formula is C15H16N2O2. The van der Waals surface area contributed by atoms with Crippen molar-refractivity contribution in [3.63, 3.8) is 0 Å². The van der Waals surface area contributed by atoms with Crippen LogP contribution in [0, 0.1) is 0 Å². The number of aromatic nitrogens is 1. The predicted octanol–water partition coefficient (Wildman–Crippen LogP) is 1.83. The monoisotopic (exact) mass is 256 g/mol. The fraction of sp³-hybridized carbons (Fsp3) is 0.333. The number of fused-ring (bicyclic) bond motifs is 1. The average Bonchev–Trinajstić information content (AvgIpc) is 2.94. The van der Waals surface area contributed by atoms with Crippen molar-refractivity contribution in [1.82, 2.24) is 9.88 Å². The number of hydrogen-bond acceptors (Lipinski definition) is 3. The third kappa shape index (κ3) is 2.19. The van der Waals surface area contributed by atoms with E-state index in [0.717, 1.165) is 30.2 Å². The zero-order valence-electron chi connectivity index (χ0n) is 10.6. The summed E-state index contributed by atoms with van der Waals surface area (Å²) in [6.07, 6.45) is 5.36. The van der Waals surface area contributed by atoms with Crippen LogP contribution >= 0.6 is 0 Å². The lowest BCUT2D eigenvalue weighted by Crippen LogP contribution is -2.37. The van der Waals surface area contributed by atoms with Gasteiger partial charge in [-0.3, -0.25) is 9.78 Å². The summed E-state index contributed by atoms with van der Waals surface area (Å²) >= 11 is 0. The van der Waals surface area contributed by atoms with Gasteiger partial charge in [0.15, 0.2) is 0 Å². The molecule has 1 N–H and O–H groups in total. The van der Waals surface area contributed by atoms with Gasteiger partial charge in [0, 0.05) is 29.9 Å². The van der Waals surface area contributed by atoms with Gasteiger partial charge in [-0.15, -0.1) is 0 Å². The van der Waals surface area contributed by atoms with Crippen molar-refractivity contribution in [2.45, 2.75) is 18.9 Å². The molecule has 0 aliphatic carbocycles. The molecule has 2 heterocycles. The molecule has 19 heavy (non-hydrogen) atoms. The minimum absolute atomic E-state index is 0.00213. The van der Waals surface area contributed by atoms with E-state index in [-0.39, 0.29) is 18.6 Å². The van der Waals surface area contributed by atoms with Gasteiger partial charge in [-0.1, -0.05) is 6.07 Å². The van der Waals surface area contributed by atoms with Gasteiger partial charge in [-0.25, -0.2) is 0 Å². The minimum Gasteiger partial charge on any atom is -0.394 e. The minimum atomic E-state index is -0.0305. The van der Waals surface area contributed by atoms with E-state index < -0.39 is 0 Å². The summed E-state index contributed by atoms with van der Waals surface area (Å²) in [7, 11) is 0. The number of aliphatic hydroxyl groups excluding tert-OH is 1. The Labute approximate surface area is 111 Å². The molecule has 1 amide bonds. The number of carbonyl (C=O) groups is 1. The molecule has 1 aromatic carbocycles.